The van der Waals surface area contributed by atoms with Gasteiger partial charge in [0.05, 0.1) is 5.56 Å². The third-order valence-electron chi connectivity index (χ3n) is 6.36. The molecule has 2 atom stereocenters. The monoisotopic (exact) mass is 380 g/mol. The summed E-state index contributed by atoms with van der Waals surface area (Å²) in [5, 5.41) is 7.67. The first-order valence-corrected chi connectivity index (χ1v) is 10.7. The maximum absolute atomic E-state index is 12.8. The van der Waals surface area contributed by atoms with Crippen molar-refractivity contribution in [2.45, 2.75) is 52.6 Å². The Labute approximate surface area is 165 Å². The van der Waals surface area contributed by atoms with Gasteiger partial charge in [0.15, 0.2) is 0 Å². The number of fused-ring (bicyclic) bond motifs is 3. The van der Waals surface area contributed by atoms with Crippen molar-refractivity contribution in [2.24, 2.45) is 11.3 Å². The van der Waals surface area contributed by atoms with E-state index in [0.717, 1.165) is 29.0 Å². The molecule has 0 unspecified atom stereocenters. The Balaban J connectivity index is 1.55. The van der Waals surface area contributed by atoms with Gasteiger partial charge in [0.2, 0.25) is 0 Å². The van der Waals surface area contributed by atoms with Gasteiger partial charge in [-0.25, -0.2) is 0 Å². The highest BCUT2D eigenvalue weighted by Crippen LogP contribution is 2.46. The van der Waals surface area contributed by atoms with Crippen LogP contribution in [0, 0.1) is 11.3 Å². The minimum atomic E-state index is -0.159. The molecular formula is C23H28N2OS. The third kappa shape index (κ3) is 3.55. The molecule has 0 saturated heterocycles. The maximum atomic E-state index is 12.8. The van der Waals surface area contributed by atoms with Crippen molar-refractivity contribution >= 4 is 28.3 Å². The Morgan fingerprint density at radius 2 is 2.00 bits per heavy atom. The Morgan fingerprint density at radius 3 is 2.74 bits per heavy atom. The van der Waals surface area contributed by atoms with Gasteiger partial charge in [-0.2, -0.15) is 0 Å². The smallest absolute Gasteiger partial charge is 0.256 e. The topological polar surface area (TPSA) is 41.1 Å². The summed E-state index contributed by atoms with van der Waals surface area (Å²) in [6.45, 7) is 7.05. The highest BCUT2D eigenvalue weighted by atomic mass is 32.1. The standard InChI is InChI=1S/C23H28N2OS/c1-4-23(2,3)16-11-12-17-18(14-16)27-22-20(17)21(26)24-19(25-22)13-10-15-8-6-5-7-9-15/h5-10,13,16,19,25H,4,11-12,14H2,1-3H3,(H,24,26)/b13-10+/t16-,19-/m1/s1. The number of nitrogens with one attached hydrogen (secondary N) is 2. The van der Waals surface area contributed by atoms with E-state index in [2.05, 4.69) is 49.6 Å². The lowest BCUT2D eigenvalue weighted by Gasteiger charge is -2.36. The van der Waals surface area contributed by atoms with E-state index in [1.54, 1.807) is 11.3 Å². The summed E-state index contributed by atoms with van der Waals surface area (Å²) in [5.41, 5.74) is 3.67. The second-order valence-electron chi connectivity index (χ2n) is 8.36. The fourth-order valence-corrected chi connectivity index (χ4v) is 5.50. The normalized spacial score (nSPS) is 22.1. The van der Waals surface area contributed by atoms with Crippen molar-refractivity contribution < 1.29 is 4.79 Å². The van der Waals surface area contributed by atoms with Gasteiger partial charge in [0.25, 0.3) is 5.91 Å². The lowest BCUT2D eigenvalue weighted by atomic mass is 9.69. The van der Waals surface area contributed by atoms with Crippen LogP contribution in [-0.4, -0.2) is 12.1 Å². The summed E-state index contributed by atoms with van der Waals surface area (Å²) >= 11 is 1.79. The molecular weight excluding hydrogens is 352 g/mol. The zero-order valence-corrected chi connectivity index (χ0v) is 17.2. The minimum Gasteiger partial charge on any atom is -0.353 e. The molecule has 0 fully saturated rings. The lowest BCUT2D eigenvalue weighted by Crippen LogP contribution is -2.43. The first-order valence-electron chi connectivity index (χ1n) is 9.93. The highest BCUT2D eigenvalue weighted by molar-refractivity contribution is 7.16. The van der Waals surface area contributed by atoms with Gasteiger partial charge < -0.3 is 10.6 Å². The van der Waals surface area contributed by atoms with E-state index in [-0.39, 0.29) is 12.1 Å². The number of benzene rings is 1. The summed E-state index contributed by atoms with van der Waals surface area (Å²) < 4.78 is 0. The zero-order chi connectivity index (χ0) is 19.0. The summed E-state index contributed by atoms with van der Waals surface area (Å²) in [6.07, 6.45) is 8.43. The number of thiophene rings is 1. The molecule has 4 rings (SSSR count). The van der Waals surface area contributed by atoms with Crippen molar-refractivity contribution in [1.82, 2.24) is 5.32 Å². The average molecular weight is 381 g/mol. The highest BCUT2D eigenvalue weighted by Gasteiger charge is 2.36. The van der Waals surface area contributed by atoms with Crippen LogP contribution in [0.1, 0.15) is 60.0 Å². The molecule has 1 aliphatic carbocycles. The SMILES string of the molecule is CCC(C)(C)[C@@H]1CCc2c(sc3c2C(=O)N[C@@H](/C=C/c2ccccc2)N3)C1. The number of amides is 1. The Kier molecular flexibility index (Phi) is 4.85. The van der Waals surface area contributed by atoms with Crippen molar-refractivity contribution in [3.8, 4) is 0 Å². The molecule has 0 saturated carbocycles. The first kappa shape index (κ1) is 18.3. The molecule has 0 radical (unpaired) electrons. The van der Waals surface area contributed by atoms with Gasteiger partial charge in [-0.1, -0.05) is 63.6 Å². The Morgan fingerprint density at radius 1 is 1.22 bits per heavy atom. The van der Waals surface area contributed by atoms with Crippen LogP contribution < -0.4 is 10.6 Å². The van der Waals surface area contributed by atoms with Crippen LogP contribution in [0.15, 0.2) is 36.4 Å². The van der Waals surface area contributed by atoms with Crippen LogP contribution in [0.25, 0.3) is 6.08 Å². The van der Waals surface area contributed by atoms with E-state index in [0.29, 0.717) is 11.3 Å². The van der Waals surface area contributed by atoms with Gasteiger partial charge in [-0.3, -0.25) is 4.79 Å². The summed E-state index contributed by atoms with van der Waals surface area (Å²) in [4.78, 5) is 14.2. The zero-order valence-electron chi connectivity index (χ0n) is 16.3. The second kappa shape index (κ2) is 7.16. The molecule has 142 valence electrons. The van der Waals surface area contributed by atoms with E-state index in [9.17, 15) is 4.79 Å². The quantitative estimate of drug-likeness (QED) is 0.737. The van der Waals surface area contributed by atoms with Crippen LogP contribution in [0.4, 0.5) is 5.00 Å². The average Bonchev–Trinajstić information content (AvgIpc) is 3.05. The van der Waals surface area contributed by atoms with Crippen molar-refractivity contribution in [3.05, 3.63) is 58.0 Å². The van der Waals surface area contributed by atoms with Crippen molar-refractivity contribution in [2.75, 3.05) is 5.32 Å². The van der Waals surface area contributed by atoms with Crippen LogP contribution >= 0.6 is 11.3 Å². The van der Waals surface area contributed by atoms with Gasteiger partial charge in [0.1, 0.15) is 11.2 Å². The van der Waals surface area contributed by atoms with Gasteiger partial charge in [-0.15, -0.1) is 11.3 Å². The molecule has 0 bridgehead atoms. The molecule has 1 aromatic carbocycles. The van der Waals surface area contributed by atoms with Crippen LogP contribution in [0.2, 0.25) is 0 Å². The summed E-state index contributed by atoms with van der Waals surface area (Å²) in [5.74, 6) is 0.768. The number of carbonyl (C=O) groups excluding carboxylic acids is 1. The number of hydrogen-bond donors (Lipinski definition) is 2. The fraction of sp³-hybridized carbons (Fsp3) is 0.435. The molecule has 2 aromatic rings. The molecule has 4 heteroatoms. The Hall–Kier alpha value is -2.07. The predicted octanol–water partition coefficient (Wildman–Crippen LogP) is 5.48. The van der Waals surface area contributed by atoms with Gasteiger partial charge >= 0.3 is 0 Å². The molecule has 1 amide bonds. The lowest BCUT2D eigenvalue weighted by molar-refractivity contribution is 0.0942. The van der Waals surface area contributed by atoms with Crippen molar-refractivity contribution in [3.63, 3.8) is 0 Å². The Bertz CT molecular complexity index is 866. The van der Waals surface area contributed by atoms with E-state index in [1.165, 1.54) is 23.3 Å². The molecule has 0 spiro atoms. The summed E-state index contributed by atoms with van der Waals surface area (Å²) in [7, 11) is 0. The minimum absolute atomic E-state index is 0.0668. The van der Waals surface area contributed by atoms with Gasteiger partial charge in [-0.05, 0) is 47.8 Å². The predicted molar refractivity (Wildman–Crippen MR) is 114 cm³/mol. The maximum Gasteiger partial charge on any atom is 0.256 e. The van der Waals surface area contributed by atoms with Gasteiger partial charge in [0, 0.05) is 4.88 Å². The van der Waals surface area contributed by atoms with E-state index >= 15 is 0 Å². The molecule has 27 heavy (non-hydrogen) atoms. The van der Waals surface area contributed by atoms with Crippen LogP contribution in [-0.2, 0) is 12.8 Å². The fourth-order valence-electron chi connectivity index (χ4n) is 4.14. The number of carbonyl (C=O) groups is 1. The number of anilines is 1. The summed E-state index contributed by atoms with van der Waals surface area (Å²) in [6, 6.07) is 10.2. The van der Waals surface area contributed by atoms with Crippen LogP contribution in [0.5, 0.6) is 0 Å². The van der Waals surface area contributed by atoms with E-state index in [1.807, 2.05) is 24.3 Å². The molecule has 1 aromatic heterocycles. The molecule has 3 nitrogen and oxygen atoms in total. The largest absolute Gasteiger partial charge is 0.353 e. The van der Waals surface area contributed by atoms with E-state index < -0.39 is 0 Å². The molecule has 1 aliphatic heterocycles. The number of hydrogen-bond acceptors (Lipinski definition) is 3. The molecule has 2 heterocycles. The first-order chi connectivity index (χ1) is 13.0. The molecule has 2 N–H and O–H groups in total. The molecule has 2 aliphatic rings. The third-order valence-corrected chi connectivity index (χ3v) is 7.55. The number of rotatable bonds is 4. The van der Waals surface area contributed by atoms with Crippen molar-refractivity contribution in [1.29, 1.82) is 0 Å². The second-order valence-corrected chi connectivity index (χ2v) is 9.46. The van der Waals surface area contributed by atoms with E-state index in [4.69, 9.17) is 0 Å². The van der Waals surface area contributed by atoms with Crippen LogP contribution in [0.3, 0.4) is 0 Å².